The smallest absolute Gasteiger partial charge is 0.218 e. The molecular formula is C12H12Cl2N2. The number of rotatable bonds is 0. The highest BCUT2D eigenvalue weighted by Crippen LogP contribution is 2.28. The molecule has 0 aliphatic rings. The van der Waals surface area contributed by atoms with Crippen molar-refractivity contribution in [3.05, 3.63) is 34.2 Å². The summed E-state index contributed by atoms with van der Waals surface area (Å²) < 4.78 is 0. The Morgan fingerprint density at radius 2 is 1.75 bits per heavy atom. The van der Waals surface area contributed by atoms with Gasteiger partial charge in [-0.25, -0.2) is 9.97 Å². The first kappa shape index (κ1) is 11.6. The van der Waals surface area contributed by atoms with Crippen LogP contribution in [0.5, 0.6) is 0 Å². The van der Waals surface area contributed by atoms with Crippen molar-refractivity contribution in [3.63, 3.8) is 0 Å². The zero-order valence-electron chi connectivity index (χ0n) is 9.38. The molecule has 0 unspecified atom stereocenters. The van der Waals surface area contributed by atoms with Crippen LogP contribution in [0.15, 0.2) is 18.2 Å². The van der Waals surface area contributed by atoms with Crippen molar-refractivity contribution in [1.82, 2.24) is 9.97 Å². The van der Waals surface area contributed by atoms with Crippen LogP contribution >= 0.6 is 23.2 Å². The normalized spacial score (nSPS) is 12.1. The second kappa shape index (κ2) is 3.86. The Hall–Kier alpha value is -0.860. The van der Waals surface area contributed by atoms with E-state index in [9.17, 15) is 0 Å². The third-order valence-corrected chi connectivity index (χ3v) is 2.95. The molecule has 1 aromatic heterocycles. The maximum atomic E-state index is 6.05. The summed E-state index contributed by atoms with van der Waals surface area (Å²) in [6, 6.07) is 5.99. The third kappa shape index (κ3) is 2.13. The van der Waals surface area contributed by atoms with E-state index in [1.54, 1.807) is 0 Å². The first-order valence-corrected chi connectivity index (χ1v) is 5.77. The molecule has 0 atom stereocenters. The van der Waals surface area contributed by atoms with Crippen LogP contribution in [0.25, 0.3) is 10.9 Å². The number of nitrogens with zero attached hydrogens (tertiary/aromatic N) is 2. The monoisotopic (exact) mass is 254 g/mol. The van der Waals surface area contributed by atoms with Crippen LogP contribution in [0, 0.1) is 0 Å². The molecule has 0 amide bonds. The van der Waals surface area contributed by atoms with E-state index in [0.29, 0.717) is 5.15 Å². The number of benzene rings is 1. The van der Waals surface area contributed by atoms with Gasteiger partial charge in [-0.15, -0.1) is 0 Å². The van der Waals surface area contributed by atoms with Crippen LogP contribution in [0.2, 0.25) is 10.4 Å². The van der Waals surface area contributed by atoms with Crippen LogP contribution in [0.1, 0.15) is 26.3 Å². The first-order valence-electron chi connectivity index (χ1n) is 5.01. The fraction of sp³-hybridized carbons (Fsp3) is 0.333. The lowest BCUT2D eigenvalue weighted by atomic mass is 9.86. The molecule has 0 aliphatic heterocycles. The lowest BCUT2D eigenvalue weighted by Gasteiger charge is -2.19. The fourth-order valence-corrected chi connectivity index (χ4v) is 1.98. The van der Waals surface area contributed by atoms with E-state index in [-0.39, 0.29) is 10.7 Å². The summed E-state index contributed by atoms with van der Waals surface area (Å²) in [5, 5.41) is 1.43. The van der Waals surface area contributed by atoms with E-state index < -0.39 is 0 Å². The minimum Gasteiger partial charge on any atom is -0.218 e. The van der Waals surface area contributed by atoms with Crippen molar-refractivity contribution in [2.24, 2.45) is 0 Å². The van der Waals surface area contributed by atoms with Crippen LogP contribution in [0.3, 0.4) is 0 Å². The molecule has 84 valence electrons. The molecule has 0 aliphatic carbocycles. The van der Waals surface area contributed by atoms with Gasteiger partial charge in [0.1, 0.15) is 5.15 Å². The summed E-state index contributed by atoms with van der Waals surface area (Å²) >= 11 is 11.8. The Balaban J connectivity index is 2.72. The molecule has 0 radical (unpaired) electrons. The van der Waals surface area contributed by atoms with Crippen molar-refractivity contribution in [2.75, 3.05) is 0 Å². The Morgan fingerprint density at radius 3 is 2.38 bits per heavy atom. The molecule has 16 heavy (non-hydrogen) atoms. The van der Waals surface area contributed by atoms with Gasteiger partial charge in [0.15, 0.2) is 0 Å². The predicted octanol–water partition coefficient (Wildman–Crippen LogP) is 4.23. The molecule has 0 saturated carbocycles. The molecular weight excluding hydrogens is 243 g/mol. The second-order valence-corrected chi connectivity index (χ2v) is 5.46. The average Bonchev–Trinajstić information content (AvgIpc) is 2.15. The van der Waals surface area contributed by atoms with E-state index in [1.165, 1.54) is 5.56 Å². The quantitative estimate of drug-likeness (QED) is 0.520. The van der Waals surface area contributed by atoms with Gasteiger partial charge in [-0.3, -0.25) is 0 Å². The SMILES string of the molecule is CC(C)(C)c1ccc2nc(Cl)nc(Cl)c2c1. The van der Waals surface area contributed by atoms with E-state index in [0.717, 1.165) is 10.9 Å². The van der Waals surface area contributed by atoms with E-state index in [2.05, 4.69) is 30.7 Å². The Bertz CT molecular complexity index is 544. The van der Waals surface area contributed by atoms with Gasteiger partial charge in [0.2, 0.25) is 5.28 Å². The zero-order chi connectivity index (χ0) is 11.9. The molecule has 0 saturated heterocycles. The molecule has 1 heterocycles. The third-order valence-electron chi connectivity index (χ3n) is 2.49. The van der Waals surface area contributed by atoms with Crippen LogP contribution < -0.4 is 0 Å². The van der Waals surface area contributed by atoms with Crippen LogP contribution in [-0.4, -0.2) is 9.97 Å². The van der Waals surface area contributed by atoms with Crippen molar-refractivity contribution in [2.45, 2.75) is 26.2 Å². The largest absolute Gasteiger partial charge is 0.224 e. The van der Waals surface area contributed by atoms with Crippen LogP contribution in [0.4, 0.5) is 0 Å². The molecule has 4 heteroatoms. The summed E-state index contributed by atoms with van der Waals surface area (Å²) in [6.45, 7) is 6.45. The molecule has 0 spiro atoms. The number of halogens is 2. The summed E-state index contributed by atoms with van der Waals surface area (Å²) in [5.74, 6) is 0. The number of aromatic nitrogens is 2. The predicted molar refractivity (Wildman–Crippen MR) is 68.3 cm³/mol. The van der Waals surface area contributed by atoms with E-state index in [4.69, 9.17) is 23.2 Å². The first-order chi connectivity index (χ1) is 7.38. The molecule has 0 fully saturated rings. The molecule has 0 N–H and O–H groups in total. The Kier molecular flexibility index (Phi) is 2.81. The highest BCUT2D eigenvalue weighted by atomic mass is 35.5. The maximum Gasteiger partial charge on any atom is 0.224 e. The number of hydrogen-bond acceptors (Lipinski definition) is 2. The minimum atomic E-state index is 0.0805. The summed E-state index contributed by atoms with van der Waals surface area (Å²) in [7, 11) is 0. The second-order valence-electron chi connectivity index (χ2n) is 4.77. The zero-order valence-corrected chi connectivity index (χ0v) is 10.9. The van der Waals surface area contributed by atoms with E-state index >= 15 is 0 Å². The van der Waals surface area contributed by atoms with Gasteiger partial charge in [-0.05, 0) is 34.7 Å². The highest BCUT2D eigenvalue weighted by molar-refractivity contribution is 6.35. The van der Waals surface area contributed by atoms with Gasteiger partial charge in [0.25, 0.3) is 0 Å². The molecule has 1 aromatic carbocycles. The topological polar surface area (TPSA) is 25.8 Å². The molecule has 2 rings (SSSR count). The average molecular weight is 255 g/mol. The van der Waals surface area contributed by atoms with Crippen LogP contribution in [-0.2, 0) is 5.41 Å². The highest BCUT2D eigenvalue weighted by Gasteiger charge is 2.15. The standard InChI is InChI=1S/C12H12Cl2N2/c1-12(2,3)7-4-5-9-8(6-7)10(13)16-11(14)15-9/h4-6H,1-3H3. The van der Waals surface area contributed by atoms with Gasteiger partial charge in [-0.2, -0.15) is 0 Å². The summed E-state index contributed by atoms with van der Waals surface area (Å²) in [6.07, 6.45) is 0. The molecule has 0 bridgehead atoms. The number of fused-ring (bicyclic) bond motifs is 1. The fourth-order valence-electron chi connectivity index (χ4n) is 1.53. The van der Waals surface area contributed by atoms with Gasteiger partial charge < -0.3 is 0 Å². The minimum absolute atomic E-state index is 0.0805. The van der Waals surface area contributed by atoms with Gasteiger partial charge in [0.05, 0.1) is 5.52 Å². The van der Waals surface area contributed by atoms with Crippen molar-refractivity contribution in [1.29, 1.82) is 0 Å². The van der Waals surface area contributed by atoms with Gasteiger partial charge in [-0.1, -0.05) is 38.4 Å². The lowest BCUT2D eigenvalue weighted by molar-refractivity contribution is 0.591. The molecule has 2 aromatic rings. The van der Waals surface area contributed by atoms with Gasteiger partial charge >= 0.3 is 0 Å². The lowest BCUT2D eigenvalue weighted by Crippen LogP contribution is -2.10. The Morgan fingerprint density at radius 1 is 1.06 bits per heavy atom. The molecule has 2 nitrogen and oxygen atoms in total. The Labute approximate surface area is 105 Å². The number of hydrogen-bond donors (Lipinski definition) is 0. The van der Waals surface area contributed by atoms with E-state index in [1.807, 2.05) is 18.2 Å². The van der Waals surface area contributed by atoms with Crippen molar-refractivity contribution in [3.8, 4) is 0 Å². The maximum absolute atomic E-state index is 6.05. The summed E-state index contributed by atoms with van der Waals surface area (Å²) in [4.78, 5) is 8.07. The summed E-state index contributed by atoms with van der Waals surface area (Å²) in [5.41, 5.74) is 2.06. The van der Waals surface area contributed by atoms with Crippen molar-refractivity contribution < 1.29 is 0 Å². The van der Waals surface area contributed by atoms with Gasteiger partial charge in [0, 0.05) is 5.39 Å². The van der Waals surface area contributed by atoms with Crippen molar-refractivity contribution >= 4 is 34.1 Å².